The maximum Gasteiger partial charge on any atom is 0.313 e. The van der Waals surface area contributed by atoms with Gasteiger partial charge in [-0.25, -0.2) is 0 Å². The highest BCUT2D eigenvalue weighted by Gasteiger charge is 2.26. The lowest BCUT2D eigenvalue weighted by Crippen LogP contribution is -2.41. The van der Waals surface area contributed by atoms with Crippen molar-refractivity contribution in [3.63, 3.8) is 0 Å². The molecule has 3 N–H and O–H groups in total. The minimum absolute atomic E-state index is 0.0849. The van der Waals surface area contributed by atoms with Crippen LogP contribution in [0.2, 0.25) is 0 Å². The second-order valence-electron chi connectivity index (χ2n) is 6.20. The normalized spacial score (nSPS) is 17.6. The molecule has 0 aliphatic heterocycles. The van der Waals surface area contributed by atoms with Crippen molar-refractivity contribution >= 4 is 23.4 Å². The molecule has 1 aromatic rings. The van der Waals surface area contributed by atoms with Crippen molar-refractivity contribution < 1.29 is 14.4 Å². The summed E-state index contributed by atoms with van der Waals surface area (Å²) in [5, 5.41) is 8.17. The maximum atomic E-state index is 12.2. The molecule has 2 aliphatic rings. The fourth-order valence-electron chi connectivity index (χ4n) is 2.78. The Bertz CT molecular complexity index is 619. The summed E-state index contributed by atoms with van der Waals surface area (Å²) in [5.74, 6) is -1.60. The average molecular weight is 315 g/mol. The standard InChI is InChI=1S/C17H21N3O3/c21-15(18-12-9-10-12)13-7-3-4-8-14(13)20-17(23)16(22)19-11-5-1-2-6-11/h3-4,7-8,11-12H,1-2,5-6,9-10H2,(H,18,21)(H,19,22)(H,20,23). The molecular weight excluding hydrogens is 294 g/mol. The van der Waals surface area contributed by atoms with Gasteiger partial charge in [0.15, 0.2) is 0 Å². The molecule has 6 heteroatoms. The summed E-state index contributed by atoms with van der Waals surface area (Å²) >= 11 is 0. The summed E-state index contributed by atoms with van der Waals surface area (Å²) < 4.78 is 0. The molecular formula is C17H21N3O3. The number of carbonyl (C=O) groups excluding carboxylic acids is 3. The highest BCUT2D eigenvalue weighted by Crippen LogP contribution is 2.22. The predicted molar refractivity (Wildman–Crippen MR) is 86.0 cm³/mol. The van der Waals surface area contributed by atoms with Crippen molar-refractivity contribution in [2.75, 3.05) is 5.32 Å². The van der Waals surface area contributed by atoms with E-state index in [1.165, 1.54) is 0 Å². The number of anilines is 1. The zero-order valence-corrected chi connectivity index (χ0v) is 12.9. The number of benzene rings is 1. The van der Waals surface area contributed by atoms with E-state index in [9.17, 15) is 14.4 Å². The van der Waals surface area contributed by atoms with Crippen LogP contribution in [0, 0.1) is 0 Å². The molecule has 0 aromatic heterocycles. The van der Waals surface area contributed by atoms with Crippen LogP contribution >= 0.6 is 0 Å². The Balaban J connectivity index is 1.62. The molecule has 0 radical (unpaired) electrons. The van der Waals surface area contributed by atoms with E-state index in [4.69, 9.17) is 0 Å². The Morgan fingerprint density at radius 3 is 2.17 bits per heavy atom. The van der Waals surface area contributed by atoms with Crippen LogP contribution in [-0.2, 0) is 9.59 Å². The number of hydrogen-bond acceptors (Lipinski definition) is 3. The first-order valence-corrected chi connectivity index (χ1v) is 8.15. The van der Waals surface area contributed by atoms with Gasteiger partial charge in [-0.05, 0) is 37.8 Å². The fourth-order valence-corrected chi connectivity index (χ4v) is 2.78. The third-order valence-corrected chi connectivity index (χ3v) is 4.23. The molecule has 3 amide bonds. The number of carbonyl (C=O) groups is 3. The van der Waals surface area contributed by atoms with Crippen molar-refractivity contribution in [2.45, 2.75) is 50.6 Å². The van der Waals surface area contributed by atoms with Gasteiger partial charge in [-0.15, -0.1) is 0 Å². The van der Waals surface area contributed by atoms with Gasteiger partial charge in [0.1, 0.15) is 0 Å². The van der Waals surface area contributed by atoms with Gasteiger partial charge in [0, 0.05) is 12.1 Å². The van der Waals surface area contributed by atoms with Gasteiger partial charge in [-0.2, -0.15) is 0 Å². The largest absolute Gasteiger partial charge is 0.349 e. The quantitative estimate of drug-likeness (QED) is 0.737. The van der Waals surface area contributed by atoms with E-state index in [0.29, 0.717) is 11.3 Å². The minimum Gasteiger partial charge on any atom is -0.349 e. The monoisotopic (exact) mass is 315 g/mol. The van der Waals surface area contributed by atoms with Crippen molar-refractivity contribution in [2.24, 2.45) is 0 Å². The van der Waals surface area contributed by atoms with Crippen LogP contribution in [0.15, 0.2) is 24.3 Å². The molecule has 0 heterocycles. The van der Waals surface area contributed by atoms with Gasteiger partial charge >= 0.3 is 11.8 Å². The van der Waals surface area contributed by atoms with E-state index in [2.05, 4.69) is 16.0 Å². The molecule has 23 heavy (non-hydrogen) atoms. The lowest BCUT2D eigenvalue weighted by atomic mass is 10.1. The Morgan fingerprint density at radius 2 is 1.48 bits per heavy atom. The van der Waals surface area contributed by atoms with E-state index < -0.39 is 11.8 Å². The summed E-state index contributed by atoms with van der Waals surface area (Å²) in [6, 6.07) is 7.04. The zero-order chi connectivity index (χ0) is 16.2. The molecule has 0 spiro atoms. The lowest BCUT2D eigenvalue weighted by molar-refractivity contribution is -0.136. The molecule has 2 aliphatic carbocycles. The number of para-hydroxylation sites is 1. The zero-order valence-electron chi connectivity index (χ0n) is 12.9. The van der Waals surface area contributed by atoms with E-state index in [1.807, 2.05) is 0 Å². The van der Waals surface area contributed by atoms with Crippen molar-refractivity contribution in [3.8, 4) is 0 Å². The molecule has 3 rings (SSSR count). The summed E-state index contributed by atoms with van der Waals surface area (Å²) in [6.07, 6.45) is 5.97. The molecule has 0 saturated heterocycles. The number of amides is 3. The van der Waals surface area contributed by atoms with Crippen molar-refractivity contribution in [1.82, 2.24) is 10.6 Å². The predicted octanol–water partition coefficient (Wildman–Crippen LogP) is 1.58. The third-order valence-electron chi connectivity index (χ3n) is 4.23. The Labute approximate surface area is 135 Å². The molecule has 0 bridgehead atoms. The lowest BCUT2D eigenvalue weighted by Gasteiger charge is -2.13. The summed E-state index contributed by atoms with van der Waals surface area (Å²) in [4.78, 5) is 36.2. The van der Waals surface area contributed by atoms with Gasteiger partial charge in [-0.1, -0.05) is 25.0 Å². The van der Waals surface area contributed by atoms with Crippen LogP contribution in [0.25, 0.3) is 0 Å². The molecule has 1 aromatic carbocycles. The summed E-state index contributed by atoms with van der Waals surface area (Å²) in [6.45, 7) is 0. The first kappa shape index (κ1) is 15.5. The minimum atomic E-state index is -0.733. The van der Waals surface area contributed by atoms with Crippen LogP contribution in [0.5, 0.6) is 0 Å². The topological polar surface area (TPSA) is 87.3 Å². The van der Waals surface area contributed by atoms with Gasteiger partial charge in [0.05, 0.1) is 11.3 Å². The van der Waals surface area contributed by atoms with Crippen LogP contribution in [0.3, 0.4) is 0 Å². The van der Waals surface area contributed by atoms with Crippen LogP contribution < -0.4 is 16.0 Å². The van der Waals surface area contributed by atoms with E-state index in [-0.39, 0.29) is 18.0 Å². The number of hydrogen-bond donors (Lipinski definition) is 3. The van der Waals surface area contributed by atoms with Gasteiger partial charge in [-0.3, -0.25) is 14.4 Å². The maximum absolute atomic E-state index is 12.2. The Hall–Kier alpha value is -2.37. The third kappa shape index (κ3) is 4.09. The number of rotatable bonds is 4. The summed E-state index contributed by atoms with van der Waals surface area (Å²) in [5.41, 5.74) is 0.735. The fraction of sp³-hybridized carbons (Fsp3) is 0.471. The van der Waals surface area contributed by atoms with Crippen molar-refractivity contribution in [1.29, 1.82) is 0 Å². The highest BCUT2D eigenvalue weighted by atomic mass is 16.2. The second kappa shape index (κ2) is 6.81. The van der Waals surface area contributed by atoms with E-state index in [1.54, 1.807) is 24.3 Å². The molecule has 2 fully saturated rings. The smallest absolute Gasteiger partial charge is 0.313 e. The molecule has 0 unspecified atom stereocenters. The van der Waals surface area contributed by atoms with Crippen molar-refractivity contribution in [3.05, 3.63) is 29.8 Å². The first-order valence-electron chi connectivity index (χ1n) is 8.15. The van der Waals surface area contributed by atoms with Crippen LogP contribution in [0.4, 0.5) is 5.69 Å². The molecule has 0 atom stereocenters. The van der Waals surface area contributed by atoms with Gasteiger partial charge in [0.25, 0.3) is 5.91 Å². The van der Waals surface area contributed by atoms with Crippen LogP contribution in [-0.4, -0.2) is 29.8 Å². The Kier molecular flexibility index (Phi) is 4.60. The summed E-state index contributed by atoms with van der Waals surface area (Å²) in [7, 11) is 0. The molecule has 122 valence electrons. The SMILES string of the molecule is O=C(Nc1ccccc1C(=O)NC1CC1)C(=O)NC1CCCC1. The second-order valence-corrected chi connectivity index (χ2v) is 6.20. The first-order chi connectivity index (χ1) is 11.1. The van der Waals surface area contributed by atoms with Gasteiger partial charge in [0.2, 0.25) is 0 Å². The van der Waals surface area contributed by atoms with Gasteiger partial charge < -0.3 is 16.0 Å². The highest BCUT2D eigenvalue weighted by molar-refractivity contribution is 6.40. The van der Waals surface area contributed by atoms with E-state index >= 15 is 0 Å². The van der Waals surface area contributed by atoms with Crippen LogP contribution in [0.1, 0.15) is 48.9 Å². The number of nitrogens with one attached hydrogen (secondary N) is 3. The van der Waals surface area contributed by atoms with E-state index in [0.717, 1.165) is 38.5 Å². The Morgan fingerprint density at radius 1 is 0.826 bits per heavy atom. The average Bonchev–Trinajstić information content (AvgIpc) is 3.20. The molecule has 6 nitrogen and oxygen atoms in total. The molecule has 2 saturated carbocycles.